The Labute approximate surface area is 69.2 Å². The molecule has 0 rings (SSSR count). The zero-order valence-corrected chi connectivity index (χ0v) is 7.67. The minimum absolute atomic E-state index is 0.243. The molecule has 0 spiro atoms. The maximum atomic E-state index is 5.19. The quantitative estimate of drug-likeness (QED) is 0.549. The molecule has 2 heteroatoms. The van der Waals surface area contributed by atoms with Crippen LogP contribution in [0.1, 0.15) is 13.3 Å². The second-order valence-corrected chi connectivity index (χ2v) is 2.68. The summed E-state index contributed by atoms with van der Waals surface area (Å²) in [6.45, 7) is 6.47. The van der Waals surface area contributed by atoms with E-state index >= 15 is 0 Å². The van der Waals surface area contributed by atoms with E-state index in [1.54, 1.807) is 14.2 Å². The Morgan fingerprint density at radius 3 is 2.45 bits per heavy atom. The van der Waals surface area contributed by atoms with Gasteiger partial charge in [0.25, 0.3) is 0 Å². The summed E-state index contributed by atoms with van der Waals surface area (Å²) in [5.41, 5.74) is 0. The molecule has 0 aromatic carbocycles. The SMILES string of the molecule is C=CCC(COC)C(C)OC. The van der Waals surface area contributed by atoms with Gasteiger partial charge in [-0.1, -0.05) is 6.08 Å². The molecule has 0 amide bonds. The molecule has 0 bridgehead atoms. The van der Waals surface area contributed by atoms with Gasteiger partial charge in [-0.2, -0.15) is 0 Å². The first-order valence-corrected chi connectivity index (χ1v) is 3.88. The Hall–Kier alpha value is -0.340. The smallest absolute Gasteiger partial charge is 0.0596 e. The zero-order chi connectivity index (χ0) is 8.69. The highest BCUT2D eigenvalue weighted by molar-refractivity contribution is 4.76. The van der Waals surface area contributed by atoms with Gasteiger partial charge in [0, 0.05) is 20.1 Å². The number of allylic oxidation sites excluding steroid dienone is 1. The van der Waals surface area contributed by atoms with E-state index in [1.807, 2.05) is 13.0 Å². The third kappa shape index (κ3) is 4.17. The Balaban J connectivity index is 3.75. The molecule has 0 aliphatic carbocycles. The average molecular weight is 158 g/mol. The van der Waals surface area contributed by atoms with Gasteiger partial charge in [0.2, 0.25) is 0 Å². The fraction of sp³-hybridized carbons (Fsp3) is 0.778. The Morgan fingerprint density at radius 2 is 2.09 bits per heavy atom. The van der Waals surface area contributed by atoms with Crippen LogP contribution < -0.4 is 0 Å². The Morgan fingerprint density at radius 1 is 1.45 bits per heavy atom. The molecule has 0 N–H and O–H groups in total. The predicted octanol–water partition coefficient (Wildman–Crippen LogP) is 1.86. The van der Waals surface area contributed by atoms with Crippen LogP contribution in [-0.4, -0.2) is 26.9 Å². The van der Waals surface area contributed by atoms with Crippen molar-refractivity contribution in [1.82, 2.24) is 0 Å². The summed E-state index contributed by atoms with van der Waals surface area (Å²) in [6.07, 6.45) is 3.09. The standard InChI is InChI=1S/C9H18O2/c1-5-6-9(7-10-3)8(2)11-4/h5,8-9H,1,6-7H2,2-4H3. The monoisotopic (exact) mass is 158 g/mol. The van der Waals surface area contributed by atoms with Gasteiger partial charge in [0.15, 0.2) is 0 Å². The van der Waals surface area contributed by atoms with Gasteiger partial charge < -0.3 is 9.47 Å². The number of rotatable bonds is 6. The molecule has 0 fully saturated rings. The fourth-order valence-corrected chi connectivity index (χ4v) is 1.02. The van der Waals surface area contributed by atoms with E-state index in [9.17, 15) is 0 Å². The van der Waals surface area contributed by atoms with E-state index in [-0.39, 0.29) is 6.10 Å². The van der Waals surface area contributed by atoms with Crippen molar-refractivity contribution >= 4 is 0 Å². The van der Waals surface area contributed by atoms with Gasteiger partial charge in [-0.05, 0) is 13.3 Å². The van der Waals surface area contributed by atoms with Crippen LogP contribution in [0.25, 0.3) is 0 Å². The minimum atomic E-state index is 0.243. The van der Waals surface area contributed by atoms with Gasteiger partial charge in [-0.3, -0.25) is 0 Å². The molecule has 11 heavy (non-hydrogen) atoms. The van der Waals surface area contributed by atoms with E-state index in [0.717, 1.165) is 13.0 Å². The van der Waals surface area contributed by atoms with Crippen LogP contribution in [0, 0.1) is 5.92 Å². The van der Waals surface area contributed by atoms with Crippen molar-refractivity contribution in [2.75, 3.05) is 20.8 Å². The van der Waals surface area contributed by atoms with Crippen LogP contribution in [0.2, 0.25) is 0 Å². The zero-order valence-electron chi connectivity index (χ0n) is 7.67. The molecule has 66 valence electrons. The highest BCUT2D eigenvalue weighted by Crippen LogP contribution is 2.12. The van der Waals surface area contributed by atoms with Crippen molar-refractivity contribution in [1.29, 1.82) is 0 Å². The van der Waals surface area contributed by atoms with Gasteiger partial charge in [0.05, 0.1) is 12.7 Å². The Kier molecular flexibility index (Phi) is 6.18. The molecular weight excluding hydrogens is 140 g/mol. The van der Waals surface area contributed by atoms with E-state index in [0.29, 0.717) is 5.92 Å². The second kappa shape index (κ2) is 6.38. The lowest BCUT2D eigenvalue weighted by Gasteiger charge is -2.20. The molecule has 0 saturated heterocycles. The van der Waals surface area contributed by atoms with E-state index in [2.05, 4.69) is 6.58 Å². The van der Waals surface area contributed by atoms with Crippen molar-refractivity contribution in [3.63, 3.8) is 0 Å². The van der Waals surface area contributed by atoms with Crippen molar-refractivity contribution < 1.29 is 9.47 Å². The van der Waals surface area contributed by atoms with Crippen LogP contribution in [0.4, 0.5) is 0 Å². The molecule has 2 unspecified atom stereocenters. The molecule has 0 aromatic rings. The molecular formula is C9H18O2. The minimum Gasteiger partial charge on any atom is -0.384 e. The summed E-state index contributed by atoms with van der Waals surface area (Å²) in [4.78, 5) is 0. The van der Waals surface area contributed by atoms with Crippen molar-refractivity contribution in [3.8, 4) is 0 Å². The van der Waals surface area contributed by atoms with Gasteiger partial charge in [-0.15, -0.1) is 6.58 Å². The largest absolute Gasteiger partial charge is 0.384 e. The van der Waals surface area contributed by atoms with Crippen LogP contribution in [-0.2, 0) is 9.47 Å². The first-order chi connectivity index (χ1) is 5.26. The number of methoxy groups -OCH3 is 2. The number of hydrogen-bond acceptors (Lipinski definition) is 2. The molecule has 0 saturated carbocycles. The number of hydrogen-bond donors (Lipinski definition) is 0. The molecule has 0 heterocycles. The fourth-order valence-electron chi connectivity index (χ4n) is 1.02. The third-order valence-electron chi connectivity index (χ3n) is 1.89. The first kappa shape index (κ1) is 10.7. The van der Waals surface area contributed by atoms with E-state index in [1.165, 1.54) is 0 Å². The van der Waals surface area contributed by atoms with Crippen LogP contribution >= 0.6 is 0 Å². The topological polar surface area (TPSA) is 18.5 Å². The third-order valence-corrected chi connectivity index (χ3v) is 1.89. The lowest BCUT2D eigenvalue weighted by atomic mass is 10.0. The average Bonchev–Trinajstić information content (AvgIpc) is 2.03. The normalized spacial score (nSPS) is 15.9. The maximum Gasteiger partial charge on any atom is 0.0596 e. The van der Waals surface area contributed by atoms with E-state index in [4.69, 9.17) is 9.47 Å². The second-order valence-electron chi connectivity index (χ2n) is 2.68. The van der Waals surface area contributed by atoms with E-state index < -0.39 is 0 Å². The lowest BCUT2D eigenvalue weighted by Crippen LogP contribution is -2.23. The summed E-state index contributed by atoms with van der Waals surface area (Å²) in [5, 5.41) is 0. The maximum absolute atomic E-state index is 5.19. The highest BCUT2D eigenvalue weighted by atomic mass is 16.5. The van der Waals surface area contributed by atoms with Gasteiger partial charge >= 0.3 is 0 Å². The van der Waals surface area contributed by atoms with Gasteiger partial charge in [0.1, 0.15) is 0 Å². The summed E-state index contributed by atoms with van der Waals surface area (Å²) >= 11 is 0. The number of ether oxygens (including phenoxy) is 2. The van der Waals surface area contributed by atoms with Crippen LogP contribution in [0.3, 0.4) is 0 Å². The predicted molar refractivity (Wildman–Crippen MR) is 46.7 cm³/mol. The molecule has 2 atom stereocenters. The summed E-state index contributed by atoms with van der Waals surface area (Å²) in [5.74, 6) is 0.433. The molecule has 0 aromatic heterocycles. The van der Waals surface area contributed by atoms with Crippen LogP contribution in [0.5, 0.6) is 0 Å². The first-order valence-electron chi connectivity index (χ1n) is 3.88. The highest BCUT2D eigenvalue weighted by Gasteiger charge is 2.14. The van der Waals surface area contributed by atoms with Crippen molar-refractivity contribution in [2.24, 2.45) is 5.92 Å². The molecule has 0 radical (unpaired) electrons. The lowest BCUT2D eigenvalue weighted by molar-refractivity contribution is 0.0271. The molecule has 0 aliphatic rings. The van der Waals surface area contributed by atoms with Gasteiger partial charge in [-0.25, -0.2) is 0 Å². The molecule has 0 aliphatic heterocycles. The van der Waals surface area contributed by atoms with Crippen molar-refractivity contribution in [2.45, 2.75) is 19.4 Å². The van der Waals surface area contributed by atoms with Crippen molar-refractivity contribution in [3.05, 3.63) is 12.7 Å². The van der Waals surface area contributed by atoms with Crippen LogP contribution in [0.15, 0.2) is 12.7 Å². The summed E-state index contributed by atoms with van der Waals surface area (Å²) in [6, 6.07) is 0. The molecule has 2 nitrogen and oxygen atoms in total. The summed E-state index contributed by atoms with van der Waals surface area (Å²) in [7, 11) is 3.43. The Bertz CT molecular complexity index is 102. The summed E-state index contributed by atoms with van der Waals surface area (Å²) < 4.78 is 10.2.